The third kappa shape index (κ3) is 3.25. The molecule has 2 aromatic carbocycles. The minimum Gasteiger partial charge on any atom is -0.360 e. The molecule has 2 aromatic heterocycles. The fourth-order valence-electron chi connectivity index (χ4n) is 2.74. The van der Waals surface area contributed by atoms with Crippen LogP contribution in [0.4, 0.5) is 0 Å². The molecule has 7 heteroatoms. The number of aromatic amines is 1. The zero-order valence-corrected chi connectivity index (χ0v) is 16.3. The summed E-state index contributed by atoms with van der Waals surface area (Å²) in [7, 11) is 0. The highest BCUT2D eigenvalue weighted by Gasteiger charge is 2.21. The van der Waals surface area contributed by atoms with Gasteiger partial charge in [-0.2, -0.15) is 0 Å². The van der Waals surface area contributed by atoms with Crippen LogP contribution in [0.25, 0.3) is 16.6 Å². The summed E-state index contributed by atoms with van der Waals surface area (Å²) in [5.41, 5.74) is 2.61. The molecule has 0 spiro atoms. The first kappa shape index (κ1) is 17.2. The second-order valence-electron chi connectivity index (χ2n) is 5.75. The van der Waals surface area contributed by atoms with Crippen LogP contribution >= 0.6 is 35.3 Å². The van der Waals surface area contributed by atoms with Crippen LogP contribution in [0.1, 0.15) is 17.3 Å². The van der Waals surface area contributed by atoms with Gasteiger partial charge in [-0.3, -0.25) is 4.79 Å². The number of carbonyl (C=O) groups excluding carboxylic acids is 1. The Morgan fingerprint density at radius 1 is 1.19 bits per heavy atom. The van der Waals surface area contributed by atoms with Crippen molar-refractivity contribution in [3.8, 4) is 5.69 Å². The van der Waals surface area contributed by atoms with Gasteiger partial charge in [0.15, 0.2) is 14.1 Å². The van der Waals surface area contributed by atoms with E-state index < -0.39 is 0 Å². The van der Waals surface area contributed by atoms with Gasteiger partial charge in [0.25, 0.3) is 0 Å². The Kier molecular flexibility index (Phi) is 4.76. The first-order valence-corrected chi connectivity index (χ1v) is 10.2. The van der Waals surface area contributed by atoms with Gasteiger partial charge in [-0.25, -0.2) is 4.68 Å². The molecule has 1 unspecified atom stereocenters. The number of carbonyl (C=O) groups is 1. The fourth-order valence-corrected chi connectivity index (χ4v) is 5.31. The van der Waals surface area contributed by atoms with Gasteiger partial charge in [0.1, 0.15) is 0 Å². The number of fused-ring (bicyclic) bond motifs is 1. The van der Waals surface area contributed by atoms with E-state index in [1.54, 1.807) is 10.9 Å². The van der Waals surface area contributed by atoms with E-state index in [9.17, 15) is 4.79 Å². The molecule has 0 radical (unpaired) electrons. The predicted octanol–water partition coefficient (Wildman–Crippen LogP) is 5.51. The van der Waals surface area contributed by atoms with Crippen LogP contribution in [-0.2, 0) is 0 Å². The number of hydrogen-bond donors (Lipinski definition) is 1. The highest BCUT2D eigenvalue weighted by molar-refractivity contribution is 8.02. The summed E-state index contributed by atoms with van der Waals surface area (Å²) in [5.74, 6) is 0.0832. The van der Waals surface area contributed by atoms with Crippen LogP contribution < -0.4 is 0 Å². The fraction of sp³-hybridized carbons (Fsp3) is 0.105. The van der Waals surface area contributed by atoms with E-state index >= 15 is 0 Å². The number of rotatable bonds is 5. The van der Waals surface area contributed by atoms with Gasteiger partial charge in [-0.05, 0) is 37.3 Å². The number of Topliss-reactive ketones (excluding diaryl/α,β-unsaturated/α-hetero) is 1. The normalized spacial score (nSPS) is 12.3. The third-order valence-electron chi connectivity index (χ3n) is 4.03. The van der Waals surface area contributed by atoms with Gasteiger partial charge < -0.3 is 4.98 Å². The number of benzene rings is 2. The summed E-state index contributed by atoms with van der Waals surface area (Å²) < 4.78 is 3.20. The first-order valence-electron chi connectivity index (χ1n) is 8.06. The lowest BCUT2D eigenvalue weighted by molar-refractivity contribution is 0.0995. The second kappa shape index (κ2) is 7.19. The molecule has 4 rings (SSSR count). The molecule has 0 saturated carbocycles. The Morgan fingerprint density at radius 2 is 1.92 bits per heavy atom. The van der Waals surface area contributed by atoms with Crippen molar-refractivity contribution in [2.75, 3.05) is 0 Å². The lowest BCUT2D eigenvalue weighted by Gasteiger charge is -2.07. The molecular formula is C19H15N3OS3. The zero-order valence-electron chi connectivity index (χ0n) is 13.9. The molecule has 1 N–H and O–H groups in total. The van der Waals surface area contributed by atoms with Gasteiger partial charge in [0.2, 0.25) is 0 Å². The van der Waals surface area contributed by atoms with Gasteiger partial charge >= 0.3 is 0 Å². The molecule has 4 aromatic rings. The van der Waals surface area contributed by atoms with Crippen LogP contribution in [-0.4, -0.2) is 25.8 Å². The van der Waals surface area contributed by atoms with Crippen molar-refractivity contribution in [1.82, 2.24) is 14.8 Å². The van der Waals surface area contributed by atoms with E-state index in [1.165, 1.54) is 23.1 Å². The SMILES string of the molecule is CC(Sc1nn(-c2ccccc2)c(=S)s1)C(=O)c1c[nH]c2ccccc12. The zero-order chi connectivity index (χ0) is 18.1. The molecule has 0 aliphatic rings. The van der Waals surface area contributed by atoms with E-state index in [2.05, 4.69) is 10.1 Å². The molecule has 0 fully saturated rings. The van der Waals surface area contributed by atoms with Gasteiger partial charge in [0.05, 0.1) is 10.9 Å². The van der Waals surface area contributed by atoms with Crippen LogP contribution in [0.5, 0.6) is 0 Å². The molecule has 0 bridgehead atoms. The van der Waals surface area contributed by atoms with Crippen molar-refractivity contribution < 1.29 is 4.79 Å². The van der Waals surface area contributed by atoms with Gasteiger partial charge in [-0.1, -0.05) is 59.5 Å². The molecule has 130 valence electrons. The van der Waals surface area contributed by atoms with Crippen LogP contribution in [0.2, 0.25) is 0 Å². The van der Waals surface area contributed by atoms with E-state index in [1.807, 2.05) is 61.5 Å². The minimum absolute atomic E-state index is 0.0832. The number of nitrogens with zero attached hydrogens (tertiary/aromatic N) is 2. The molecule has 2 heterocycles. The van der Waals surface area contributed by atoms with Gasteiger partial charge in [0, 0.05) is 22.7 Å². The lowest BCUT2D eigenvalue weighted by Crippen LogP contribution is -2.13. The first-order chi connectivity index (χ1) is 12.6. The molecule has 26 heavy (non-hydrogen) atoms. The Bertz CT molecular complexity index is 1130. The second-order valence-corrected chi connectivity index (χ2v) is 8.96. The average molecular weight is 398 g/mol. The minimum atomic E-state index is -0.251. The van der Waals surface area contributed by atoms with Crippen molar-refractivity contribution in [1.29, 1.82) is 0 Å². The van der Waals surface area contributed by atoms with E-state index in [0.717, 1.165) is 20.9 Å². The number of nitrogens with one attached hydrogen (secondary N) is 1. The molecule has 0 saturated heterocycles. The lowest BCUT2D eigenvalue weighted by atomic mass is 10.1. The quantitative estimate of drug-likeness (QED) is 0.274. The monoisotopic (exact) mass is 397 g/mol. The number of H-pyrrole nitrogens is 1. The Hall–Kier alpha value is -2.22. The Morgan fingerprint density at radius 3 is 2.73 bits per heavy atom. The maximum Gasteiger partial charge on any atom is 0.184 e. The predicted molar refractivity (Wildman–Crippen MR) is 110 cm³/mol. The van der Waals surface area contributed by atoms with Crippen molar-refractivity contribution in [2.24, 2.45) is 0 Å². The maximum absolute atomic E-state index is 12.9. The smallest absolute Gasteiger partial charge is 0.184 e. The highest BCUT2D eigenvalue weighted by Crippen LogP contribution is 2.30. The average Bonchev–Trinajstić information content (AvgIpc) is 3.25. The van der Waals surface area contributed by atoms with Crippen LogP contribution in [0.3, 0.4) is 0 Å². The maximum atomic E-state index is 12.9. The summed E-state index contributed by atoms with van der Waals surface area (Å²) in [6, 6.07) is 17.6. The molecule has 0 aliphatic heterocycles. The summed E-state index contributed by atoms with van der Waals surface area (Å²) in [5, 5.41) is 5.28. The standard InChI is InChI=1S/C19H15N3OS3/c1-12(17(23)15-11-20-16-10-6-5-9-14(15)16)25-18-21-22(19(24)26-18)13-7-3-2-4-8-13/h2-12,20H,1H3. The number of para-hydroxylation sites is 2. The summed E-state index contributed by atoms with van der Waals surface area (Å²) >= 11 is 8.30. The van der Waals surface area contributed by atoms with E-state index in [-0.39, 0.29) is 11.0 Å². The largest absolute Gasteiger partial charge is 0.360 e. The van der Waals surface area contributed by atoms with Crippen molar-refractivity contribution in [3.05, 3.63) is 70.3 Å². The number of ketones is 1. The molecule has 0 amide bonds. The van der Waals surface area contributed by atoms with E-state index in [4.69, 9.17) is 12.2 Å². The number of hydrogen-bond acceptors (Lipinski definition) is 5. The Balaban J connectivity index is 1.58. The van der Waals surface area contributed by atoms with Crippen molar-refractivity contribution in [2.45, 2.75) is 16.5 Å². The highest BCUT2D eigenvalue weighted by atomic mass is 32.2. The summed E-state index contributed by atoms with van der Waals surface area (Å²) in [6.45, 7) is 1.91. The molecule has 4 nitrogen and oxygen atoms in total. The topological polar surface area (TPSA) is 50.7 Å². The number of aromatic nitrogens is 3. The third-order valence-corrected chi connectivity index (χ3v) is 6.45. The molecule has 0 aliphatic carbocycles. The summed E-state index contributed by atoms with van der Waals surface area (Å²) in [4.78, 5) is 16.0. The number of thioether (sulfide) groups is 1. The Labute approximate surface area is 163 Å². The van der Waals surface area contributed by atoms with Crippen molar-refractivity contribution >= 4 is 52.0 Å². The summed E-state index contributed by atoms with van der Waals surface area (Å²) in [6.07, 6.45) is 1.79. The molecular weight excluding hydrogens is 382 g/mol. The molecule has 1 atom stereocenters. The van der Waals surface area contributed by atoms with Gasteiger partial charge in [-0.15, -0.1) is 5.10 Å². The van der Waals surface area contributed by atoms with Crippen LogP contribution in [0, 0.1) is 3.95 Å². The van der Waals surface area contributed by atoms with Crippen LogP contribution in [0.15, 0.2) is 65.1 Å². The van der Waals surface area contributed by atoms with E-state index in [0.29, 0.717) is 9.52 Å². The van der Waals surface area contributed by atoms with Crippen molar-refractivity contribution in [3.63, 3.8) is 0 Å².